The van der Waals surface area contributed by atoms with E-state index in [0.29, 0.717) is 5.92 Å². The third-order valence-corrected chi connectivity index (χ3v) is 2.70. The van der Waals surface area contributed by atoms with Crippen LogP contribution in [0.5, 0.6) is 0 Å². The Balaban J connectivity index is 3.70. The third kappa shape index (κ3) is 4.15. The lowest BCUT2D eigenvalue weighted by Crippen LogP contribution is -1.96. The minimum Gasteiger partial charge on any atom is -0.0922 e. The Kier molecular flexibility index (Phi) is 5.91. The zero-order valence-corrected chi connectivity index (χ0v) is 9.00. The zero-order chi connectivity index (χ0) is 7.28. The van der Waals surface area contributed by atoms with Crippen LogP contribution in [0, 0.1) is 5.92 Å². The first-order valence-electron chi connectivity index (χ1n) is 3.01. The molecule has 0 unspecified atom stereocenters. The Morgan fingerprint density at radius 2 is 2.11 bits per heavy atom. The fourth-order valence-corrected chi connectivity index (χ4v) is 1.47. The molecule has 0 aromatic rings. The number of hydrogen-bond acceptors (Lipinski definition) is 0. The summed E-state index contributed by atoms with van der Waals surface area (Å²) in [6.45, 7) is 4.37. The molecule has 0 aromatic heterocycles. The third-order valence-electron chi connectivity index (χ3n) is 1.41. The first-order valence-corrected chi connectivity index (χ1v) is 5.25. The maximum atomic E-state index is 3.43. The van der Waals surface area contributed by atoms with Gasteiger partial charge in [0.25, 0.3) is 0 Å². The quantitative estimate of drug-likeness (QED) is 0.536. The van der Waals surface area contributed by atoms with Crippen LogP contribution in [-0.4, -0.2) is 10.7 Å². The molecule has 0 radical (unpaired) electrons. The Hall–Kier alpha value is 0.700. The molecule has 9 heavy (non-hydrogen) atoms. The summed E-state index contributed by atoms with van der Waals surface area (Å²) in [5.41, 5.74) is 1.45. The first-order chi connectivity index (χ1) is 4.22. The largest absolute Gasteiger partial charge is 0.0922 e. The van der Waals surface area contributed by atoms with E-state index in [-0.39, 0.29) is 0 Å². The van der Waals surface area contributed by atoms with Crippen LogP contribution in [0.2, 0.25) is 0 Å². The molecule has 0 rings (SSSR count). The van der Waals surface area contributed by atoms with Crippen molar-refractivity contribution in [1.82, 2.24) is 0 Å². The van der Waals surface area contributed by atoms with E-state index in [9.17, 15) is 0 Å². The first kappa shape index (κ1) is 9.70. The summed E-state index contributed by atoms with van der Waals surface area (Å²) in [6, 6.07) is 0. The number of rotatable bonds is 3. The Morgan fingerprint density at radius 1 is 1.56 bits per heavy atom. The highest BCUT2D eigenvalue weighted by atomic mass is 79.9. The maximum Gasteiger partial charge on any atom is 0.0214 e. The second kappa shape index (κ2) is 5.48. The molecule has 0 amide bonds. The van der Waals surface area contributed by atoms with Gasteiger partial charge in [0.05, 0.1) is 0 Å². The molecule has 0 bridgehead atoms. The Bertz CT molecular complexity index is 97.1. The minimum atomic E-state index is 0.669. The maximum absolute atomic E-state index is 3.43. The van der Waals surface area contributed by atoms with E-state index >= 15 is 0 Å². The molecule has 1 atom stereocenters. The van der Waals surface area contributed by atoms with Crippen molar-refractivity contribution in [3.05, 3.63) is 11.6 Å². The average Bonchev–Trinajstić information content (AvgIpc) is 1.87. The van der Waals surface area contributed by atoms with Crippen molar-refractivity contribution in [2.45, 2.75) is 13.8 Å². The number of hydrogen-bond donors (Lipinski definition) is 0. The minimum absolute atomic E-state index is 0.669. The van der Waals surface area contributed by atoms with Gasteiger partial charge in [-0.2, -0.15) is 0 Å². The highest BCUT2D eigenvalue weighted by molar-refractivity contribution is 9.09. The van der Waals surface area contributed by atoms with Crippen LogP contribution in [0.1, 0.15) is 13.8 Å². The van der Waals surface area contributed by atoms with Gasteiger partial charge in [0, 0.05) is 10.7 Å². The number of halogens is 2. The van der Waals surface area contributed by atoms with Gasteiger partial charge in [-0.25, -0.2) is 0 Å². The second-order valence-corrected chi connectivity index (χ2v) is 3.45. The van der Waals surface area contributed by atoms with E-state index in [0.717, 1.165) is 10.7 Å². The Labute approximate surface area is 74.0 Å². The van der Waals surface area contributed by atoms with Crippen LogP contribution < -0.4 is 0 Å². The van der Waals surface area contributed by atoms with Crippen molar-refractivity contribution in [3.63, 3.8) is 0 Å². The van der Waals surface area contributed by atoms with Crippen molar-refractivity contribution >= 4 is 31.9 Å². The van der Waals surface area contributed by atoms with Crippen LogP contribution in [-0.2, 0) is 0 Å². The van der Waals surface area contributed by atoms with Gasteiger partial charge in [-0.15, -0.1) is 0 Å². The smallest absolute Gasteiger partial charge is 0.0214 e. The lowest BCUT2D eigenvalue weighted by atomic mass is 10.1. The normalized spacial score (nSPS) is 15.8. The van der Waals surface area contributed by atoms with Gasteiger partial charge in [0.1, 0.15) is 0 Å². The lowest BCUT2D eigenvalue weighted by Gasteiger charge is -2.05. The predicted octanol–water partition coefficient (Wildman–Crippen LogP) is 3.36. The van der Waals surface area contributed by atoms with Crippen LogP contribution in [0.4, 0.5) is 0 Å². The summed E-state index contributed by atoms with van der Waals surface area (Å²) in [5.74, 6) is 0.669. The average molecular weight is 256 g/mol. The molecule has 0 aliphatic heterocycles. The monoisotopic (exact) mass is 254 g/mol. The summed E-state index contributed by atoms with van der Waals surface area (Å²) >= 11 is 6.78. The van der Waals surface area contributed by atoms with E-state index in [2.05, 4.69) is 51.8 Å². The molecule has 0 aliphatic carbocycles. The van der Waals surface area contributed by atoms with Gasteiger partial charge in [-0.1, -0.05) is 50.4 Å². The standard InChI is InChI=1S/C7H12Br2/c1-6(3-4-8)7(2)5-9/h3,7H,4-5H2,1-2H3/b6-3-/t7-/m1/s1. The van der Waals surface area contributed by atoms with Crippen molar-refractivity contribution in [3.8, 4) is 0 Å². The molecular formula is C7H12Br2. The SMILES string of the molecule is C/C(=C/CBr)[C@H](C)CBr. The molecule has 0 saturated heterocycles. The van der Waals surface area contributed by atoms with E-state index < -0.39 is 0 Å². The molecule has 0 saturated carbocycles. The molecule has 0 aromatic carbocycles. The van der Waals surface area contributed by atoms with Gasteiger partial charge < -0.3 is 0 Å². The van der Waals surface area contributed by atoms with Gasteiger partial charge in [0.15, 0.2) is 0 Å². The summed E-state index contributed by atoms with van der Waals surface area (Å²) in [4.78, 5) is 0. The fourth-order valence-electron chi connectivity index (χ4n) is 0.445. The molecule has 2 heteroatoms. The molecule has 0 nitrogen and oxygen atoms in total. The molecule has 0 N–H and O–H groups in total. The topological polar surface area (TPSA) is 0 Å². The molecule has 0 heterocycles. The van der Waals surface area contributed by atoms with Gasteiger partial charge in [-0.05, 0) is 12.8 Å². The van der Waals surface area contributed by atoms with E-state index in [1.54, 1.807) is 0 Å². The Morgan fingerprint density at radius 3 is 2.44 bits per heavy atom. The summed E-state index contributed by atoms with van der Waals surface area (Å²) < 4.78 is 0. The van der Waals surface area contributed by atoms with Crippen molar-refractivity contribution in [2.75, 3.05) is 10.7 Å². The van der Waals surface area contributed by atoms with Crippen LogP contribution in [0.15, 0.2) is 11.6 Å². The second-order valence-electron chi connectivity index (χ2n) is 2.16. The van der Waals surface area contributed by atoms with Crippen molar-refractivity contribution < 1.29 is 0 Å². The molecular weight excluding hydrogens is 244 g/mol. The number of alkyl halides is 2. The molecule has 54 valence electrons. The fraction of sp³-hybridized carbons (Fsp3) is 0.714. The number of allylic oxidation sites excluding steroid dienone is 2. The van der Waals surface area contributed by atoms with E-state index in [1.165, 1.54) is 5.57 Å². The van der Waals surface area contributed by atoms with Gasteiger partial charge in [0.2, 0.25) is 0 Å². The van der Waals surface area contributed by atoms with Crippen LogP contribution >= 0.6 is 31.9 Å². The highest BCUT2D eigenvalue weighted by Gasteiger charge is 1.99. The highest BCUT2D eigenvalue weighted by Crippen LogP contribution is 2.11. The van der Waals surface area contributed by atoms with Gasteiger partial charge in [-0.3, -0.25) is 0 Å². The van der Waals surface area contributed by atoms with Crippen LogP contribution in [0.25, 0.3) is 0 Å². The lowest BCUT2D eigenvalue weighted by molar-refractivity contribution is 0.787. The molecule has 0 aliphatic rings. The predicted molar refractivity (Wildman–Crippen MR) is 50.5 cm³/mol. The summed E-state index contributed by atoms with van der Waals surface area (Å²) in [6.07, 6.45) is 2.20. The molecule has 0 spiro atoms. The summed E-state index contributed by atoms with van der Waals surface area (Å²) in [7, 11) is 0. The van der Waals surface area contributed by atoms with E-state index in [4.69, 9.17) is 0 Å². The van der Waals surface area contributed by atoms with Crippen molar-refractivity contribution in [1.29, 1.82) is 0 Å². The van der Waals surface area contributed by atoms with E-state index in [1.807, 2.05) is 0 Å². The summed E-state index contributed by atoms with van der Waals surface area (Å²) in [5, 5.41) is 2.03. The zero-order valence-electron chi connectivity index (χ0n) is 5.82. The van der Waals surface area contributed by atoms with Crippen LogP contribution in [0.3, 0.4) is 0 Å². The van der Waals surface area contributed by atoms with Crippen molar-refractivity contribution in [2.24, 2.45) is 5.92 Å². The molecule has 0 fully saturated rings. The van der Waals surface area contributed by atoms with Gasteiger partial charge >= 0.3 is 0 Å².